The molecule has 0 spiro atoms. The van der Waals surface area contributed by atoms with Crippen molar-refractivity contribution < 1.29 is 19.1 Å². The van der Waals surface area contributed by atoms with Crippen molar-refractivity contribution in [2.75, 3.05) is 24.3 Å². The van der Waals surface area contributed by atoms with Gasteiger partial charge in [0.25, 0.3) is 11.8 Å². The third-order valence-electron chi connectivity index (χ3n) is 4.43. The average Bonchev–Trinajstić information content (AvgIpc) is 3.18. The first-order chi connectivity index (χ1) is 13.1. The van der Waals surface area contributed by atoms with Gasteiger partial charge in [0.1, 0.15) is 11.9 Å². The maximum Gasteiger partial charge on any atom is 0.255 e. The van der Waals surface area contributed by atoms with E-state index in [9.17, 15) is 9.59 Å². The number of hydrogen-bond donors (Lipinski definition) is 3. The Morgan fingerprint density at radius 1 is 1.04 bits per heavy atom. The van der Waals surface area contributed by atoms with Crippen LogP contribution in [0.5, 0.6) is 5.75 Å². The van der Waals surface area contributed by atoms with Gasteiger partial charge in [-0.25, -0.2) is 0 Å². The second kappa shape index (κ2) is 8.66. The number of rotatable bonds is 6. The minimum atomic E-state index is -0.475. The van der Waals surface area contributed by atoms with Gasteiger partial charge in [0.2, 0.25) is 0 Å². The number of methoxy groups -OCH3 is 1. The Balaban J connectivity index is 1.56. The van der Waals surface area contributed by atoms with Gasteiger partial charge in [0, 0.05) is 23.5 Å². The Hall–Kier alpha value is -2.90. The van der Waals surface area contributed by atoms with E-state index in [1.54, 1.807) is 55.6 Å². The summed E-state index contributed by atoms with van der Waals surface area (Å²) < 4.78 is 10.7. The van der Waals surface area contributed by atoms with Gasteiger partial charge < -0.3 is 25.8 Å². The van der Waals surface area contributed by atoms with Crippen LogP contribution in [-0.4, -0.2) is 37.7 Å². The second-order valence-electron chi connectivity index (χ2n) is 6.31. The Bertz CT molecular complexity index is 790. The van der Waals surface area contributed by atoms with E-state index in [-0.39, 0.29) is 17.9 Å². The van der Waals surface area contributed by atoms with Crippen molar-refractivity contribution in [3.8, 4) is 5.75 Å². The Labute approximate surface area is 157 Å². The predicted octanol–water partition coefficient (Wildman–Crippen LogP) is 2.39. The molecule has 142 valence electrons. The zero-order chi connectivity index (χ0) is 19.2. The molecule has 1 saturated heterocycles. The van der Waals surface area contributed by atoms with Gasteiger partial charge in [-0.2, -0.15) is 0 Å². The zero-order valence-corrected chi connectivity index (χ0v) is 15.1. The van der Waals surface area contributed by atoms with Crippen molar-refractivity contribution in [2.45, 2.75) is 25.0 Å². The Morgan fingerprint density at radius 3 is 2.26 bits per heavy atom. The molecule has 4 N–H and O–H groups in total. The minimum Gasteiger partial charge on any atom is -0.497 e. The maximum atomic E-state index is 12.3. The molecule has 0 bridgehead atoms. The summed E-state index contributed by atoms with van der Waals surface area (Å²) in [4.78, 5) is 24.5. The number of hydrogen-bond acceptors (Lipinski definition) is 5. The standard InChI is InChI=1S/C20H23N3O4/c1-26-16-8-6-15(7-9-16)22-19(24)13-2-4-14(5-3-13)23-20(25)18-11-10-17(12-21)27-18/h2-9,17-18H,10-12,21H2,1H3,(H,22,24)(H,23,25)/t17-,18+/m1/s1. The largest absolute Gasteiger partial charge is 0.497 e. The monoisotopic (exact) mass is 369 g/mol. The number of anilines is 2. The molecule has 2 amide bonds. The highest BCUT2D eigenvalue weighted by atomic mass is 16.5. The highest BCUT2D eigenvalue weighted by molar-refractivity contribution is 6.04. The molecule has 0 aromatic heterocycles. The van der Waals surface area contributed by atoms with Crippen LogP contribution in [0.1, 0.15) is 23.2 Å². The topological polar surface area (TPSA) is 103 Å². The van der Waals surface area contributed by atoms with Crippen LogP contribution in [0.15, 0.2) is 48.5 Å². The molecule has 2 aromatic carbocycles. The highest BCUT2D eigenvalue weighted by Crippen LogP contribution is 2.21. The molecule has 3 rings (SSSR count). The van der Waals surface area contributed by atoms with Gasteiger partial charge in [-0.1, -0.05) is 0 Å². The van der Waals surface area contributed by atoms with Crippen molar-refractivity contribution in [1.82, 2.24) is 0 Å². The first-order valence-corrected chi connectivity index (χ1v) is 8.81. The lowest BCUT2D eigenvalue weighted by molar-refractivity contribution is -0.126. The molecule has 0 aliphatic carbocycles. The lowest BCUT2D eigenvalue weighted by atomic mass is 10.1. The van der Waals surface area contributed by atoms with E-state index in [2.05, 4.69) is 10.6 Å². The lowest BCUT2D eigenvalue weighted by Gasteiger charge is -2.13. The molecule has 1 heterocycles. The number of nitrogens with one attached hydrogen (secondary N) is 2. The third kappa shape index (κ3) is 4.84. The fourth-order valence-electron chi connectivity index (χ4n) is 2.88. The highest BCUT2D eigenvalue weighted by Gasteiger charge is 2.29. The van der Waals surface area contributed by atoms with Gasteiger partial charge >= 0.3 is 0 Å². The lowest BCUT2D eigenvalue weighted by Crippen LogP contribution is -2.29. The van der Waals surface area contributed by atoms with Gasteiger partial charge in [-0.15, -0.1) is 0 Å². The summed E-state index contributed by atoms with van der Waals surface area (Å²) in [7, 11) is 1.59. The molecule has 0 saturated carbocycles. The fraction of sp³-hybridized carbons (Fsp3) is 0.300. The molecule has 0 unspecified atom stereocenters. The van der Waals surface area contributed by atoms with E-state index in [1.165, 1.54) is 0 Å². The molecule has 1 fully saturated rings. The predicted molar refractivity (Wildman–Crippen MR) is 103 cm³/mol. The van der Waals surface area contributed by atoms with E-state index < -0.39 is 6.10 Å². The summed E-state index contributed by atoms with van der Waals surface area (Å²) in [5.41, 5.74) is 7.34. The zero-order valence-electron chi connectivity index (χ0n) is 15.1. The number of carbonyl (C=O) groups excluding carboxylic acids is 2. The summed E-state index contributed by atoms with van der Waals surface area (Å²) in [6.07, 6.45) is 0.927. The summed E-state index contributed by atoms with van der Waals surface area (Å²) in [5, 5.41) is 5.62. The van der Waals surface area contributed by atoms with Crippen LogP contribution in [0.2, 0.25) is 0 Å². The molecular formula is C20H23N3O4. The quantitative estimate of drug-likeness (QED) is 0.725. The van der Waals surface area contributed by atoms with E-state index in [1.807, 2.05) is 0 Å². The molecule has 7 heteroatoms. The van der Waals surface area contributed by atoms with Crippen LogP contribution in [-0.2, 0) is 9.53 Å². The number of ether oxygens (including phenoxy) is 2. The van der Waals surface area contributed by atoms with Crippen molar-refractivity contribution in [3.05, 3.63) is 54.1 Å². The number of nitrogens with two attached hydrogens (primary N) is 1. The summed E-state index contributed by atoms with van der Waals surface area (Å²) in [6.45, 7) is 0.418. The van der Waals surface area contributed by atoms with Gasteiger partial charge in [-0.3, -0.25) is 9.59 Å². The van der Waals surface area contributed by atoms with Gasteiger partial charge in [0.05, 0.1) is 13.2 Å². The van der Waals surface area contributed by atoms with E-state index in [0.29, 0.717) is 29.9 Å². The number of carbonyl (C=O) groups is 2. The smallest absolute Gasteiger partial charge is 0.255 e. The van der Waals surface area contributed by atoms with Crippen LogP contribution >= 0.6 is 0 Å². The van der Waals surface area contributed by atoms with Crippen LogP contribution in [0.25, 0.3) is 0 Å². The maximum absolute atomic E-state index is 12.3. The van der Waals surface area contributed by atoms with Crippen molar-refractivity contribution in [3.63, 3.8) is 0 Å². The molecule has 2 atom stereocenters. The molecule has 2 aromatic rings. The van der Waals surface area contributed by atoms with Crippen molar-refractivity contribution in [1.29, 1.82) is 0 Å². The van der Waals surface area contributed by atoms with E-state index >= 15 is 0 Å². The molecule has 27 heavy (non-hydrogen) atoms. The van der Waals surface area contributed by atoms with E-state index in [4.69, 9.17) is 15.2 Å². The first-order valence-electron chi connectivity index (χ1n) is 8.81. The van der Waals surface area contributed by atoms with E-state index in [0.717, 1.165) is 12.2 Å². The summed E-state index contributed by atoms with van der Waals surface area (Å²) >= 11 is 0. The van der Waals surface area contributed by atoms with Crippen LogP contribution in [0.3, 0.4) is 0 Å². The SMILES string of the molecule is COc1ccc(NC(=O)c2ccc(NC(=O)[C@@H]3CC[C@H](CN)O3)cc2)cc1. The Kier molecular flexibility index (Phi) is 6.05. The van der Waals surface area contributed by atoms with Crippen molar-refractivity contribution >= 4 is 23.2 Å². The molecular weight excluding hydrogens is 346 g/mol. The normalized spacial score (nSPS) is 18.7. The fourth-order valence-corrected chi connectivity index (χ4v) is 2.88. The second-order valence-corrected chi connectivity index (χ2v) is 6.31. The minimum absolute atomic E-state index is 0.0511. The molecule has 1 aliphatic heterocycles. The molecule has 1 aliphatic rings. The van der Waals surface area contributed by atoms with Gasteiger partial charge in [0.15, 0.2) is 0 Å². The third-order valence-corrected chi connectivity index (χ3v) is 4.43. The number of benzene rings is 2. The van der Waals surface area contributed by atoms with Gasteiger partial charge in [-0.05, 0) is 61.4 Å². The van der Waals surface area contributed by atoms with Crippen LogP contribution < -0.4 is 21.1 Å². The molecule has 7 nitrogen and oxygen atoms in total. The Morgan fingerprint density at radius 2 is 1.67 bits per heavy atom. The van der Waals surface area contributed by atoms with Crippen molar-refractivity contribution in [2.24, 2.45) is 5.73 Å². The molecule has 0 radical (unpaired) electrons. The summed E-state index contributed by atoms with van der Waals surface area (Å²) in [6, 6.07) is 13.8. The van der Waals surface area contributed by atoms with Crippen LogP contribution in [0.4, 0.5) is 11.4 Å². The average molecular weight is 369 g/mol. The summed E-state index contributed by atoms with van der Waals surface area (Å²) in [5.74, 6) is 0.293. The first kappa shape index (κ1) is 18.9. The van der Waals surface area contributed by atoms with Crippen LogP contribution in [0, 0.1) is 0 Å². The number of amides is 2.